The Morgan fingerprint density at radius 2 is 2.00 bits per heavy atom. The molecule has 1 heterocycles. The molecule has 0 spiro atoms. The normalized spacial score (nSPS) is 22.2. The Balaban J connectivity index is 2.61. The quantitative estimate of drug-likeness (QED) is 0.473. The molecule has 1 atom stereocenters. The van der Waals surface area contributed by atoms with Crippen LogP contribution in [0.4, 0.5) is 0 Å². The van der Waals surface area contributed by atoms with Crippen LogP contribution in [0, 0.1) is 5.92 Å². The number of carbonyl (C=O) groups is 3. The fourth-order valence-corrected chi connectivity index (χ4v) is 1.40. The van der Waals surface area contributed by atoms with E-state index >= 15 is 0 Å². The lowest BCUT2D eigenvalue weighted by Gasteiger charge is -2.26. The Labute approximate surface area is 88.6 Å². The van der Waals surface area contributed by atoms with Crippen LogP contribution in [0.3, 0.4) is 0 Å². The highest BCUT2D eigenvalue weighted by Gasteiger charge is 2.33. The molecule has 84 valence electrons. The topological polar surface area (TPSA) is 75.3 Å². The van der Waals surface area contributed by atoms with Crippen LogP contribution in [0.25, 0.3) is 0 Å². The average Bonchev–Trinajstić information content (AvgIpc) is 1.99. The maximum Gasteiger partial charge on any atom is 0.239 e. The molecule has 0 bridgehead atoms. The molecule has 0 radical (unpaired) electrons. The van der Waals surface area contributed by atoms with E-state index in [2.05, 4.69) is 10.6 Å². The first kappa shape index (κ1) is 11.7. The average molecular weight is 212 g/mol. The minimum Gasteiger partial charge on any atom is -0.351 e. The van der Waals surface area contributed by atoms with E-state index in [9.17, 15) is 14.4 Å². The number of amides is 3. The molecule has 2 N–H and O–H groups in total. The summed E-state index contributed by atoms with van der Waals surface area (Å²) in [6, 6.07) is 0. The second-order valence-electron chi connectivity index (χ2n) is 4.74. The molecule has 1 aliphatic rings. The zero-order chi connectivity index (χ0) is 11.6. The minimum atomic E-state index is -0.734. The summed E-state index contributed by atoms with van der Waals surface area (Å²) < 4.78 is 0. The number of rotatable bonds is 1. The molecule has 0 aliphatic carbocycles. The van der Waals surface area contributed by atoms with E-state index in [0.29, 0.717) is 6.42 Å². The standard InChI is InChI=1S/C10H16N2O3/c1-10(2,3)12-9(15)6-4-5-7(13)11-8(6)14/h6H,4-5H2,1-3H3,(H,12,15)(H,11,13,14)/t6-/m1/s1. The van der Waals surface area contributed by atoms with Crippen LogP contribution in [-0.4, -0.2) is 23.3 Å². The first-order chi connectivity index (χ1) is 6.79. The van der Waals surface area contributed by atoms with E-state index in [4.69, 9.17) is 0 Å². The molecule has 0 aromatic carbocycles. The van der Waals surface area contributed by atoms with Gasteiger partial charge in [0.25, 0.3) is 0 Å². The van der Waals surface area contributed by atoms with Crippen molar-refractivity contribution in [1.82, 2.24) is 10.6 Å². The fraction of sp³-hybridized carbons (Fsp3) is 0.700. The molecule has 1 rings (SSSR count). The Morgan fingerprint density at radius 3 is 2.47 bits per heavy atom. The predicted molar refractivity (Wildman–Crippen MR) is 53.8 cm³/mol. The second-order valence-corrected chi connectivity index (χ2v) is 4.74. The first-order valence-electron chi connectivity index (χ1n) is 4.95. The third-order valence-corrected chi connectivity index (χ3v) is 2.05. The smallest absolute Gasteiger partial charge is 0.239 e. The molecule has 0 saturated carbocycles. The summed E-state index contributed by atoms with van der Waals surface area (Å²) in [5.74, 6) is -1.85. The van der Waals surface area contributed by atoms with Crippen molar-refractivity contribution in [3.8, 4) is 0 Å². The van der Waals surface area contributed by atoms with Crippen molar-refractivity contribution < 1.29 is 14.4 Å². The largest absolute Gasteiger partial charge is 0.351 e. The number of hydrogen-bond donors (Lipinski definition) is 2. The van der Waals surface area contributed by atoms with Crippen molar-refractivity contribution in [3.05, 3.63) is 0 Å². The van der Waals surface area contributed by atoms with Crippen LogP contribution in [0.15, 0.2) is 0 Å². The van der Waals surface area contributed by atoms with Gasteiger partial charge in [-0.3, -0.25) is 19.7 Å². The highest BCUT2D eigenvalue weighted by molar-refractivity contribution is 6.08. The minimum absolute atomic E-state index is 0.230. The number of piperidine rings is 1. The molecular formula is C10H16N2O3. The second kappa shape index (κ2) is 4.00. The summed E-state index contributed by atoms with van der Waals surface area (Å²) in [7, 11) is 0. The lowest BCUT2D eigenvalue weighted by Crippen LogP contribution is -2.51. The zero-order valence-electron chi connectivity index (χ0n) is 9.22. The maximum atomic E-state index is 11.6. The van der Waals surface area contributed by atoms with Gasteiger partial charge >= 0.3 is 0 Å². The van der Waals surface area contributed by atoms with Crippen molar-refractivity contribution in [2.24, 2.45) is 5.92 Å². The zero-order valence-corrected chi connectivity index (χ0v) is 9.22. The number of nitrogens with one attached hydrogen (secondary N) is 2. The highest BCUT2D eigenvalue weighted by Crippen LogP contribution is 2.13. The monoisotopic (exact) mass is 212 g/mol. The van der Waals surface area contributed by atoms with Gasteiger partial charge in [-0.15, -0.1) is 0 Å². The van der Waals surface area contributed by atoms with Crippen LogP contribution in [-0.2, 0) is 14.4 Å². The van der Waals surface area contributed by atoms with Gasteiger partial charge in [0.15, 0.2) is 0 Å². The number of hydrogen-bond acceptors (Lipinski definition) is 3. The van der Waals surface area contributed by atoms with E-state index in [1.165, 1.54) is 0 Å². The molecule has 3 amide bonds. The molecule has 1 saturated heterocycles. The number of carbonyl (C=O) groups excluding carboxylic acids is 3. The maximum absolute atomic E-state index is 11.6. The van der Waals surface area contributed by atoms with Crippen molar-refractivity contribution in [3.63, 3.8) is 0 Å². The fourth-order valence-electron chi connectivity index (χ4n) is 1.40. The summed E-state index contributed by atoms with van der Waals surface area (Å²) in [6.45, 7) is 5.53. The molecule has 5 heteroatoms. The SMILES string of the molecule is CC(C)(C)NC(=O)[C@@H]1CCC(=O)NC1=O. The summed E-state index contributed by atoms with van der Waals surface area (Å²) in [5, 5.41) is 4.88. The van der Waals surface area contributed by atoms with Crippen molar-refractivity contribution >= 4 is 17.7 Å². The molecule has 1 aliphatic heterocycles. The van der Waals surface area contributed by atoms with Gasteiger partial charge in [0, 0.05) is 12.0 Å². The van der Waals surface area contributed by atoms with Crippen molar-refractivity contribution in [2.45, 2.75) is 39.2 Å². The van der Waals surface area contributed by atoms with Gasteiger partial charge in [-0.2, -0.15) is 0 Å². The van der Waals surface area contributed by atoms with Crippen LogP contribution in [0.1, 0.15) is 33.6 Å². The molecule has 1 fully saturated rings. The third kappa shape index (κ3) is 3.34. The molecular weight excluding hydrogens is 196 g/mol. The van der Waals surface area contributed by atoms with E-state index in [1.807, 2.05) is 20.8 Å². The first-order valence-corrected chi connectivity index (χ1v) is 4.95. The van der Waals surface area contributed by atoms with Gasteiger partial charge in [0.05, 0.1) is 0 Å². The Bertz CT molecular complexity index is 304. The van der Waals surface area contributed by atoms with Crippen LogP contribution >= 0.6 is 0 Å². The lowest BCUT2D eigenvalue weighted by molar-refractivity contribution is -0.141. The number of imide groups is 1. The van der Waals surface area contributed by atoms with Crippen LogP contribution in [0.5, 0.6) is 0 Å². The third-order valence-electron chi connectivity index (χ3n) is 2.05. The Morgan fingerprint density at radius 1 is 1.40 bits per heavy atom. The Hall–Kier alpha value is -1.39. The van der Waals surface area contributed by atoms with Gasteiger partial charge < -0.3 is 5.32 Å². The molecule has 5 nitrogen and oxygen atoms in total. The molecule has 15 heavy (non-hydrogen) atoms. The lowest BCUT2D eigenvalue weighted by atomic mass is 9.96. The predicted octanol–water partition coefficient (Wildman–Crippen LogP) is -0.0461. The van der Waals surface area contributed by atoms with Crippen LogP contribution in [0.2, 0.25) is 0 Å². The van der Waals surface area contributed by atoms with E-state index < -0.39 is 11.8 Å². The van der Waals surface area contributed by atoms with E-state index in [1.54, 1.807) is 0 Å². The highest BCUT2D eigenvalue weighted by atomic mass is 16.2. The van der Waals surface area contributed by atoms with E-state index in [0.717, 1.165) is 0 Å². The van der Waals surface area contributed by atoms with E-state index in [-0.39, 0.29) is 23.8 Å². The van der Waals surface area contributed by atoms with Gasteiger partial charge in [0.1, 0.15) is 5.92 Å². The summed E-state index contributed by atoms with van der Waals surface area (Å²) in [4.78, 5) is 33.9. The van der Waals surface area contributed by atoms with Crippen LogP contribution < -0.4 is 10.6 Å². The van der Waals surface area contributed by atoms with Gasteiger partial charge in [-0.1, -0.05) is 0 Å². The van der Waals surface area contributed by atoms with Gasteiger partial charge in [0.2, 0.25) is 17.7 Å². The Kier molecular flexibility index (Phi) is 3.12. The van der Waals surface area contributed by atoms with Crippen molar-refractivity contribution in [2.75, 3.05) is 0 Å². The van der Waals surface area contributed by atoms with Gasteiger partial charge in [-0.05, 0) is 27.2 Å². The van der Waals surface area contributed by atoms with Gasteiger partial charge in [-0.25, -0.2) is 0 Å². The molecule has 0 aromatic rings. The summed E-state index contributed by atoms with van der Waals surface area (Å²) in [6.07, 6.45) is 0.528. The molecule has 0 aromatic heterocycles. The van der Waals surface area contributed by atoms with Crippen molar-refractivity contribution in [1.29, 1.82) is 0 Å². The summed E-state index contributed by atoms with van der Waals surface area (Å²) >= 11 is 0. The molecule has 0 unspecified atom stereocenters. The summed E-state index contributed by atoms with van der Waals surface area (Å²) in [5.41, 5.74) is -0.362.